The largest absolute Gasteiger partial charge is 0.352 e. The van der Waals surface area contributed by atoms with Gasteiger partial charge in [-0.2, -0.15) is 0 Å². The molecule has 0 aliphatic heterocycles. The molecule has 1 amide bonds. The van der Waals surface area contributed by atoms with Crippen LogP contribution in [-0.2, 0) is 17.8 Å². The molecule has 1 N–H and O–H groups in total. The molecule has 0 saturated carbocycles. The zero-order valence-electron chi connectivity index (χ0n) is 10.8. The Labute approximate surface area is 112 Å². The summed E-state index contributed by atoms with van der Waals surface area (Å²) in [5, 5.41) is 2.76. The standard InChI is InChI=1S/C15H17N3O/c1-3-11-18-13-8-6-5-7-12(13)17-14(18)9-10-16-15(19)4-2/h3-8H,1-2,9-11H2,(H,16,19). The van der Waals surface area contributed by atoms with E-state index in [-0.39, 0.29) is 5.91 Å². The highest BCUT2D eigenvalue weighted by molar-refractivity contribution is 5.86. The maximum atomic E-state index is 11.1. The number of nitrogens with one attached hydrogen (secondary N) is 1. The van der Waals surface area contributed by atoms with Crippen molar-refractivity contribution in [3.63, 3.8) is 0 Å². The number of para-hydroxylation sites is 2. The first-order valence-corrected chi connectivity index (χ1v) is 6.21. The highest BCUT2D eigenvalue weighted by Gasteiger charge is 2.08. The van der Waals surface area contributed by atoms with Crippen LogP contribution in [0.4, 0.5) is 0 Å². The Balaban J connectivity index is 2.21. The molecular formula is C15H17N3O. The van der Waals surface area contributed by atoms with Crippen LogP contribution in [0.2, 0.25) is 0 Å². The van der Waals surface area contributed by atoms with Crippen LogP contribution in [0.3, 0.4) is 0 Å². The van der Waals surface area contributed by atoms with Gasteiger partial charge < -0.3 is 9.88 Å². The van der Waals surface area contributed by atoms with Gasteiger partial charge in [-0.1, -0.05) is 24.8 Å². The minimum atomic E-state index is -0.161. The van der Waals surface area contributed by atoms with E-state index >= 15 is 0 Å². The van der Waals surface area contributed by atoms with Crippen molar-refractivity contribution in [2.24, 2.45) is 0 Å². The molecular weight excluding hydrogens is 238 g/mol. The van der Waals surface area contributed by atoms with Gasteiger partial charge in [0.25, 0.3) is 0 Å². The fraction of sp³-hybridized carbons (Fsp3) is 0.200. The Kier molecular flexibility index (Phi) is 4.13. The van der Waals surface area contributed by atoms with Gasteiger partial charge in [0, 0.05) is 19.5 Å². The van der Waals surface area contributed by atoms with Gasteiger partial charge >= 0.3 is 0 Å². The lowest BCUT2D eigenvalue weighted by atomic mass is 10.3. The summed E-state index contributed by atoms with van der Waals surface area (Å²) >= 11 is 0. The molecule has 0 radical (unpaired) electrons. The number of benzene rings is 1. The third kappa shape index (κ3) is 2.91. The number of fused-ring (bicyclic) bond motifs is 1. The average Bonchev–Trinajstić information content (AvgIpc) is 2.77. The molecule has 0 fully saturated rings. The number of rotatable bonds is 6. The molecule has 1 aromatic carbocycles. The van der Waals surface area contributed by atoms with Gasteiger partial charge in [0.15, 0.2) is 0 Å². The maximum Gasteiger partial charge on any atom is 0.243 e. The summed E-state index contributed by atoms with van der Waals surface area (Å²) in [7, 11) is 0. The van der Waals surface area contributed by atoms with E-state index in [0.29, 0.717) is 19.5 Å². The number of allylic oxidation sites excluding steroid dienone is 1. The molecule has 0 saturated heterocycles. The van der Waals surface area contributed by atoms with Crippen molar-refractivity contribution in [2.45, 2.75) is 13.0 Å². The van der Waals surface area contributed by atoms with Crippen LogP contribution in [0, 0.1) is 0 Å². The number of imidazole rings is 1. The van der Waals surface area contributed by atoms with Crippen LogP contribution in [0.1, 0.15) is 5.82 Å². The number of carbonyl (C=O) groups excluding carboxylic acids is 1. The Morgan fingerprint density at radius 1 is 1.37 bits per heavy atom. The van der Waals surface area contributed by atoms with Crippen molar-refractivity contribution in [1.82, 2.24) is 14.9 Å². The Morgan fingerprint density at radius 3 is 2.89 bits per heavy atom. The summed E-state index contributed by atoms with van der Waals surface area (Å²) < 4.78 is 2.11. The van der Waals surface area contributed by atoms with Gasteiger partial charge in [0.1, 0.15) is 5.82 Å². The van der Waals surface area contributed by atoms with Crippen LogP contribution in [-0.4, -0.2) is 22.0 Å². The minimum Gasteiger partial charge on any atom is -0.352 e. The second-order valence-electron chi connectivity index (χ2n) is 4.16. The van der Waals surface area contributed by atoms with E-state index in [4.69, 9.17) is 0 Å². The zero-order valence-corrected chi connectivity index (χ0v) is 10.8. The van der Waals surface area contributed by atoms with Gasteiger partial charge in [-0.25, -0.2) is 4.98 Å². The lowest BCUT2D eigenvalue weighted by Crippen LogP contribution is -2.24. The van der Waals surface area contributed by atoms with Crippen LogP contribution in [0.5, 0.6) is 0 Å². The molecule has 2 aromatic rings. The summed E-state index contributed by atoms with van der Waals surface area (Å²) in [6.45, 7) is 8.46. The topological polar surface area (TPSA) is 46.9 Å². The highest BCUT2D eigenvalue weighted by atomic mass is 16.1. The summed E-state index contributed by atoms with van der Waals surface area (Å²) in [5.41, 5.74) is 2.06. The quantitative estimate of drug-likeness (QED) is 0.634. The predicted octanol–water partition coefficient (Wildman–Crippen LogP) is 2.07. The molecule has 1 heterocycles. The van der Waals surface area contributed by atoms with Gasteiger partial charge in [-0.3, -0.25) is 4.79 Å². The molecule has 1 aromatic heterocycles. The van der Waals surface area contributed by atoms with E-state index in [9.17, 15) is 4.79 Å². The van der Waals surface area contributed by atoms with Crippen LogP contribution in [0.15, 0.2) is 49.6 Å². The third-order valence-corrected chi connectivity index (χ3v) is 2.88. The molecule has 0 bridgehead atoms. The summed E-state index contributed by atoms with van der Waals surface area (Å²) in [6, 6.07) is 7.99. The van der Waals surface area contributed by atoms with E-state index in [1.165, 1.54) is 6.08 Å². The number of nitrogens with zero attached hydrogens (tertiary/aromatic N) is 2. The van der Waals surface area contributed by atoms with E-state index in [2.05, 4.69) is 28.0 Å². The smallest absolute Gasteiger partial charge is 0.243 e. The third-order valence-electron chi connectivity index (χ3n) is 2.88. The van der Waals surface area contributed by atoms with Crippen molar-refractivity contribution >= 4 is 16.9 Å². The number of hydrogen-bond donors (Lipinski definition) is 1. The van der Waals surface area contributed by atoms with Gasteiger partial charge in [-0.05, 0) is 18.2 Å². The Hall–Kier alpha value is -2.36. The van der Waals surface area contributed by atoms with Crippen molar-refractivity contribution in [3.05, 3.63) is 55.4 Å². The van der Waals surface area contributed by atoms with Crippen molar-refractivity contribution in [2.75, 3.05) is 6.54 Å². The molecule has 19 heavy (non-hydrogen) atoms. The van der Waals surface area contributed by atoms with E-state index in [1.54, 1.807) is 0 Å². The van der Waals surface area contributed by atoms with E-state index in [0.717, 1.165) is 16.9 Å². The number of amides is 1. The monoisotopic (exact) mass is 255 g/mol. The normalized spacial score (nSPS) is 10.3. The SMILES string of the molecule is C=CCn1c(CCNC(=O)C=C)nc2ccccc21. The zero-order chi connectivity index (χ0) is 13.7. The number of aromatic nitrogens is 2. The second-order valence-corrected chi connectivity index (χ2v) is 4.16. The number of hydrogen-bond acceptors (Lipinski definition) is 2. The summed E-state index contributed by atoms with van der Waals surface area (Å²) in [4.78, 5) is 15.7. The van der Waals surface area contributed by atoms with Crippen LogP contribution >= 0.6 is 0 Å². The molecule has 4 nitrogen and oxygen atoms in total. The molecule has 0 atom stereocenters. The maximum absolute atomic E-state index is 11.1. The van der Waals surface area contributed by atoms with Crippen LogP contribution < -0.4 is 5.32 Å². The van der Waals surface area contributed by atoms with E-state index in [1.807, 2.05) is 30.3 Å². The van der Waals surface area contributed by atoms with E-state index < -0.39 is 0 Å². The lowest BCUT2D eigenvalue weighted by Gasteiger charge is -2.06. The second kappa shape index (κ2) is 6.00. The molecule has 0 aliphatic carbocycles. The average molecular weight is 255 g/mol. The Morgan fingerprint density at radius 2 is 2.16 bits per heavy atom. The minimum absolute atomic E-state index is 0.161. The highest BCUT2D eigenvalue weighted by Crippen LogP contribution is 2.16. The summed E-state index contributed by atoms with van der Waals surface area (Å²) in [5.74, 6) is 0.789. The number of carbonyl (C=O) groups is 1. The summed E-state index contributed by atoms with van der Waals surface area (Å²) in [6.07, 6.45) is 3.80. The molecule has 0 unspecified atom stereocenters. The first kappa shape index (κ1) is 13.1. The fourth-order valence-electron chi connectivity index (χ4n) is 2.02. The predicted molar refractivity (Wildman–Crippen MR) is 76.8 cm³/mol. The van der Waals surface area contributed by atoms with Crippen molar-refractivity contribution in [1.29, 1.82) is 0 Å². The molecule has 4 heteroatoms. The molecule has 2 rings (SSSR count). The fourth-order valence-corrected chi connectivity index (χ4v) is 2.02. The van der Waals surface area contributed by atoms with Crippen molar-refractivity contribution in [3.8, 4) is 0 Å². The van der Waals surface area contributed by atoms with Gasteiger partial charge in [-0.15, -0.1) is 6.58 Å². The lowest BCUT2D eigenvalue weighted by molar-refractivity contribution is -0.116. The van der Waals surface area contributed by atoms with Crippen molar-refractivity contribution < 1.29 is 4.79 Å². The molecule has 0 aliphatic rings. The van der Waals surface area contributed by atoms with Gasteiger partial charge in [0.2, 0.25) is 5.91 Å². The first-order chi connectivity index (χ1) is 9.26. The Bertz CT molecular complexity index is 613. The first-order valence-electron chi connectivity index (χ1n) is 6.21. The molecule has 0 spiro atoms. The van der Waals surface area contributed by atoms with Crippen LogP contribution in [0.25, 0.3) is 11.0 Å². The van der Waals surface area contributed by atoms with Gasteiger partial charge in [0.05, 0.1) is 11.0 Å². The molecule has 98 valence electrons.